The van der Waals surface area contributed by atoms with Gasteiger partial charge < -0.3 is 10.1 Å². The van der Waals surface area contributed by atoms with Crippen LogP contribution < -0.4 is 10.1 Å². The summed E-state index contributed by atoms with van der Waals surface area (Å²) >= 11 is 0. The Hall–Kier alpha value is -1.06. The number of hydrogen-bond donors (Lipinski definition) is 1. The summed E-state index contributed by atoms with van der Waals surface area (Å²) in [6.45, 7) is 8.55. The first-order valence-corrected chi connectivity index (χ1v) is 7.96. The van der Waals surface area contributed by atoms with E-state index in [0.717, 1.165) is 25.4 Å². The number of nitrogens with one attached hydrogen (secondary N) is 1. The van der Waals surface area contributed by atoms with Crippen molar-refractivity contribution < 1.29 is 4.74 Å². The molecule has 0 aliphatic carbocycles. The van der Waals surface area contributed by atoms with Crippen molar-refractivity contribution in [1.29, 1.82) is 0 Å². The molecule has 3 nitrogen and oxygen atoms in total. The first-order chi connectivity index (χ1) is 9.81. The van der Waals surface area contributed by atoms with Gasteiger partial charge >= 0.3 is 0 Å². The average Bonchev–Trinajstić information content (AvgIpc) is 2.49. The second-order valence-corrected chi connectivity index (χ2v) is 5.61. The Morgan fingerprint density at radius 3 is 2.85 bits per heavy atom. The highest BCUT2D eigenvalue weighted by Crippen LogP contribution is 2.19. The molecule has 1 aliphatic rings. The Morgan fingerprint density at radius 2 is 2.10 bits per heavy atom. The van der Waals surface area contributed by atoms with Crippen molar-refractivity contribution in [2.75, 3.05) is 26.2 Å². The van der Waals surface area contributed by atoms with E-state index in [4.69, 9.17) is 4.74 Å². The van der Waals surface area contributed by atoms with Crippen molar-refractivity contribution in [1.82, 2.24) is 10.2 Å². The summed E-state index contributed by atoms with van der Waals surface area (Å²) in [5.41, 5.74) is 0. The molecule has 0 bridgehead atoms. The van der Waals surface area contributed by atoms with Gasteiger partial charge in [-0.1, -0.05) is 31.5 Å². The van der Waals surface area contributed by atoms with Gasteiger partial charge in [-0.05, 0) is 45.0 Å². The summed E-state index contributed by atoms with van der Waals surface area (Å²) in [5.74, 6) is 0.973. The minimum atomic E-state index is 0.567. The van der Waals surface area contributed by atoms with E-state index in [1.165, 1.54) is 25.8 Å². The van der Waals surface area contributed by atoms with Gasteiger partial charge in [0.2, 0.25) is 0 Å². The third-order valence-electron chi connectivity index (χ3n) is 4.16. The first kappa shape index (κ1) is 15.3. The minimum Gasteiger partial charge on any atom is -0.492 e. The van der Waals surface area contributed by atoms with Crippen molar-refractivity contribution in [2.45, 2.75) is 45.2 Å². The summed E-state index contributed by atoms with van der Waals surface area (Å²) in [4.78, 5) is 2.60. The fourth-order valence-corrected chi connectivity index (χ4v) is 3.12. The summed E-state index contributed by atoms with van der Waals surface area (Å²) in [6.07, 6.45) is 3.98. The molecule has 2 unspecified atom stereocenters. The zero-order chi connectivity index (χ0) is 14.2. The van der Waals surface area contributed by atoms with E-state index in [1.807, 2.05) is 30.3 Å². The first-order valence-electron chi connectivity index (χ1n) is 7.96. The number of piperidine rings is 1. The van der Waals surface area contributed by atoms with Crippen molar-refractivity contribution >= 4 is 0 Å². The number of para-hydroxylation sites is 1. The Bertz CT molecular complexity index is 369. The zero-order valence-electron chi connectivity index (χ0n) is 12.8. The SMILES string of the molecule is CCNC(C)C1CCCCN1CCOc1ccccc1. The summed E-state index contributed by atoms with van der Waals surface area (Å²) in [6, 6.07) is 11.3. The second kappa shape index (κ2) is 8.28. The molecule has 1 fully saturated rings. The molecular formula is C17H28N2O. The van der Waals surface area contributed by atoms with Crippen LogP contribution in [0.4, 0.5) is 0 Å². The van der Waals surface area contributed by atoms with Crippen LogP contribution in [-0.2, 0) is 0 Å². The van der Waals surface area contributed by atoms with Crippen LogP contribution in [0.25, 0.3) is 0 Å². The molecular weight excluding hydrogens is 248 g/mol. The van der Waals surface area contributed by atoms with Crippen LogP contribution >= 0.6 is 0 Å². The molecule has 1 aromatic rings. The van der Waals surface area contributed by atoms with Crippen molar-refractivity contribution in [2.24, 2.45) is 0 Å². The quantitative estimate of drug-likeness (QED) is 0.829. The summed E-state index contributed by atoms with van der Waals surface area (Å²) < 4.78 is 5.83. The number of rotatable bonds is 7. The molecule has 2 atom stereocenters. The van der Waals surface area contributed by atoms with Gasteiger partial charge in [-0.2, -0.15) is 0 Å². The number of nitrogens with zero attached hydrogens (tertiary/aromatic N) is 1. The lowest BCUT2D eigenvalue weighted by Gasteiger charge is -2.39. The summed E-state index contributed by atoms with van der Waals surface area (Å²) in [5, 5.41) is 3.57. The van der Waals surface area contributed by atoms with Gasteiger partial charge in [0.25, 0.3) is 0 Å². The maximum absolute atomic E-state index is 5.83. The lowest BCUT2D eigenvalue weighted by atomic mass is 9.96. The molecule has 0 aromatic heterocycles. The van der Waals surface area contributed by atoms with Crippen LogP contribution in [0.1, 0.15) is 33.1 Å². The number of ether oxygens (including phenoxy) is 1. The molecule has 1 aromatic carbocycles. The highest BCUT2D eigenvalue weighted by molar-refractivity contribution is 5.20. The van der Waals surface area contributed by atoms with Crippen LogP contribution in [0.2, 0.25) is 0 Å². The molecule has 20 heavy (non-hydrogen) atoms. The fourth-order valence-electron chi connectivity index (χ4n) is 3.12. The smallest absolute Gasteiger partial charge is 0.119 e. The molecule has 0 radical (unpaired) electrons. The minimum absolute atomic E-state index is 0.567. The molecule has 1 aliphatic heterocycles. The number of likely N-dealkylation sites (tertiary alicyclic amines) is 1. The van der Waals surface area contributed by atoms with E-state index < -0.39 is 0 Å². The molecule has 1 N–H and O–H groups in total. The molecule has 1 heterocycles. The normalized spacial score (nSPS) is 21.6. The lowest BCUT2D eigenvalue weighted by Crippen LogP contribution is -2.52. The van der Waals surface area contributed by atoms with E-state index in [0.29, 0.717) is 12.1 Å². The lowest BCUT2D eigenvalue weighted by molar-refractivity contribution is 0.101. The summed E-state index contributed by atoms with van der Waals surface area (Å²) in [7, 11) is 0. The molecule has 1 saturated heterocycles. The van der Waals surface area contributed by atoms with Gasteiger partial charge in [-0.15, -0.1) is 0 Å². The van der Waals surface area contributed by atoms with Crippen LogP contribution in [0.5, 0.6) is 5.75 Å². The largest absolute Gasteiger partial charge is 0.492 e. The fraction of sp³-hybridized carbons (Fsp3) is 0.647. The highest BCUT2D eigenvalue weighted by Gasteiger charge is 2.26. The molecule has 112 valence electrons. The van der Waals surface area contributed by atoms with Gasteiger partial charge in [0.1, 0.15) is 12.4 Å². The Kier molecular flexibility index (Phi) is 6.34. The van der Waals surface area contributed by atoms with E-state index in [2.05, 4.69) is 24.1 Å². The van der Waals surface area contributed by atoms with E-state index in [-0.39, 0.29) is 0 Å². The maximum Gasteiger partial charge on any atom is 0.119 e. The standard InChI is InChI=1S/C17H28N2O/c1-3-18-15(2)17-11-7-8-12-19(17)13-14-20-16-9-5-4-6-10-16/h4-6,9-10,15,17-18H,3,7-8,11-14H2,1-2H3. The maximum atomic E-state index is 5.83. The second-order valence-electron chi connectivity index (χ2n) is 5.61. The van der Waals surface area contributed by atoms with Gasteiger partial charge in [0, 0.05) is 18.6 Å². The van der Waals surface area contributed by atoms with Crippen LogP contribution in [0.3, 0.4) is 0 Å². The van der Waals surface area contributed by atoms with Gasteiger partial charge in [-0.25, -0.2) is 0 Å². The number of likely N-dealkylation sites (N-methyl/N-ethyl adjacent to an activating group) is 1. The average molecular weight is 276 g/mol. The van der Waals surface area contributed by atoms with E-state index in [1.54, 1.807) is 0 Å². The number of hydrogen-bond acceptors (Lipinski definition) is 3. The Labute approximate surface area is 123 Å². The van der Waals surface area contributed by atoms with Crippen LogP contribution in [0, 0.1) is 0 Å². The van der Waals surface area contributed by atoms with E-state index in [9.17, 15) is 0 Å². The predicted molar refractivity (Wildman–Crippen MR) is 84.3 cm³/mol. The Morgan fingerprint density at radius 1 is 1.30 bits per heavy atom. The van der Waals surface area contributed by atoms with Crippen molar-refractivity contribution in [3.8, 4) is 5.75 Å². The molecule has 2 rings (SSSR count). The molecule has 0 amide bonds. The van der Waals surface area contributed by atoms with Crippen molar-refractivity contribution in [3.05, 3.63) is 30.3 Å². The van der Waals surface area contributed by atoms with Crippen molar-refractivity contribution in [3.63, 3.8) is 0 Å². The molecule has 0 saturated carbocycles. The topological polar surface area (TPSA) is 24.5 Å². The number of benzene rings is 1. The molecule has 3 heteroatoms. The van der Waals surface area contributed by atoms with Crippen LogP contribution in [-0.4, -0.2) is 43.2 Å². The van der Waals surface area contributed by atoms with Crippen LogP contribution in [0.15, 0.2) is 30.3 Å². The highest BCUT2D eigenvalue weighted by atomic mass is 16.5. The third kappa shape index (κ3) is 4.50. The van der Waals surface area contributed by atoms with Gasteiger partial charge in [0.05, 0.1) is 0 Å². The molecule has 0 spiro atoms. The third-order valence-corrected chi connectivity index (χ3v) is 4.16. The van der Waals surface area contributed by atoms with E-state index >= 15 is 0 Å². The predicted octanol–water partition coefficient (Wildman–Crippen LogP) is 2.92. The zero-order valence-corrected chi connectivity index (χ0v) is 12.8. The monoisotopic (exact) mass is 276 g/mol. The van der Waals surface area contributed by atoms with Gasteiger partial charge in [-0.3, -0.25) is 4.90 Å². The van der Waals surface area contributed by atoms with Gasteiger partial charge in [0.15, 0.2) is 0 Å². The Balaban J connectivity index is 1.79.